The number of aliphatic carboxylic acids is 1. The summed E-state index contributed by atoms with van der Waals surface area (Å²) in [5, 5.41) is 72.6. The number of carboxylic acids is 1. The van der Waals surface area contributed by atoms with Crippen molar-refractivity contribution < 1.29 is 63.9 Å². The molecule has 0 bridgehead atoms. The molecule has 8 N–H and O–H groups in total. The van der Waals surface area contributed by atoms with Gasteiger partial charge in [-0.1, -0.05) is 108 Å². The minimum Gasteiger partial charge on any atom is -0.479 e. The maximum Gasteiger partial charge on any atom is 0.332 e. The molecule has 0 spiro atoms. The van der Waals surface area contributed by atoms with Gasteiger partial charge in [-0.3, -0.25) is 9.69 Å². The van der Waals surface area contributed by atoms with Gasteiger partial charge in [0, 0.05) is 37.9 Å². The van der Waals surface area contributed by atoms with Crippen LogP contribution in [0, 0.1) is 29.6 Å². The van der Waals surface area contributed by atoms with Crippen molar-refractivity contribution in [3.8, 4) is 0 Å². The van der Waals surface area contributed by atoms with Crippen LogP contribution in [0.25, 0.3) is 0 Å². The van der Waals surface area contributed by atoms with E-state index in [1.165, 1.54) is 62.5 Å². The van der Waals surface area contributed by atoms with Crippen molar-refractivity contribution in [3.63, 3.8) is 0 Å². The molecule has 2 saturated carbocycles. The van der Waals surface area contributed by atoms with Crippen LogP contribution in [0.4, 0.5) is 0 Å². The highest BCUT2D eigenvalue weighted by atomic mass is 16.7. The van der Waals surface area contributed by atoms with Crippen LogP contribution in [-0.4, -0.2) is 167 Å². The Hall–Kier alpha value is -2.16. The second-order valence-electron chi connectivity index (χ2n) is 23.1. The van der Waals surface area contributed by atoms with Crippen molar-refractivity contribution in [2.45, 2.75) is 235 Å². The first-order chi connectivity index (χ1) is 35.4. The second kappa shape index (κ2) is 30.1. The van der Waals surface area contributed by atoms with Crippen LogP contribution < -0.4 is 10.6 Å². The SMILES string of the molecule is CC1CC(CCCc2ccc(CN3CCCCCCCCCCNCC3)cc2)CC(OC2OC(CO)C(O)C(OC(CC3CCCCC3)C(=O)O)C2CC(=O)C2CCNCC2)C1OC1OC(C)C(O)C(O)C1O. The van der Waals surface area contributed by atoms with Crippen molar-refractivity contribution in [3.05, 3.63) is 35.4 Å². The largest absolute Gasteiger partial charge is 0.479 e. The zero-order valence-corrected chi connectivity index (χ0v) is 44.3. The van der Waals surface area contributed by atoms with Gasteiger partial charge < -0.3 is 65.0 Å². The number of benzene rings is 1. The summed E-state index contributed by atoms with van der Waals surface area (Å²) < 4.78 is 32.6. The summed E-state index contributed by atoms with van der Waals surface area (Å²) in [4.78, 5) is 29.8. The number of aryl methyl sites for hydroxylation is 1. The van der Waals surface area contributed by atoms with Crippen LogP contribution in [0.1, 0.15) is 160 Å². The summed E-state index contributed by atoms with van der Waals surface area (Å²) in [6.45, 7) is 9.66. The van der Waals surface area contributed by atoms with Crippen LogP contribution in [0.5, 0.6) is 0 Å². The molecule has 4 heterocycles. The predicted octanol–water partition coefficient (Wildman–Crippen LogP) is 5.64. The lowest BCUT2D eigenvalue weighted by molar-refractivity contribution is -0.344. The molecule has 4 aliphatic heterocycles. The third kappa shape index (κ3) is 17.4. The maximum absolute atomic E-state index is 14.3. The summed E-state index contributed by atoms with van der Waals surface area (Å²) in [7, 11) is 0. The second-order valence-corrected chi connectivity index (χ2v) is 23.1. The number of aliphatic hydroxyl groups is 5. The number of rotatable bonds is 19. The lowest BCUT2D eigenvalue weighted by Crippen LogP contribution is -2.61. The average Bonchev–Trinajstić information content (AvgIpc) is 3.39. The first-order valence-electron chi connectivity index (χ1n) is 29.0. The van der Waals surface area contributed by atoms with Gasteiger partial charge in [0.15, 0.2) is 18.7 Å². The minimum absolute atomic E-state index is 0.0427. The van der Waals surface area contributed by atoms with E-state index in [2.05, 4.69) is 46.7 Å². The zero-order valence-electron chi connectivity index (χ0n) is 44.3. The van der Waals surface area contributed by atoms with Crippen molar-refractivity contribution in [1.82, 2.24) is 15.5 Å². The number of aliphatic hydroxyl groups excluding tert-OH is 5. The van der Waals surface area contributed by atoms with Crippen LogP contribution >= 0.6 is 0 Å². The minimum atomic E-state index is -1.54. The number of hydrogen-bond donors (Lipinski definition) is 8. The zero-order chi connectivity index (χ0) is 51.7. The monoisotopic (exact) mass is 1030 g/mol. The Morgan fingerprint density at radius 1 is 0.699 bits per heavy atom. The smallest absolute Gasteiger partial charge is 0.332 e. The van der Waals surface area contributed by atoms with Gasteiger partial charge in [0.25, 0.3) is 0 Å². The van der Waals surface area contributed by atoms with E-state index in [1.807, 2.05) is 0 Å². The van der Waals surface area contributed by atoms with Gasteiger partial charge in [-0.25, -0.2) is 4.79 Å². The molecule has 0 aromatic heterocycles. The molecule has 15 atom stereocenters. The molecule has 416 valence electrons. The van der Waals surface area contributed by atoms with Gasteiger partial charge >= 0.3 is 5.97 Å². The van der Waals surface area contributed by atoms with Crippen LogP contribution in [-0.2, 0) is 46.2 Å². The molecule has 1 aromatic carbocycles. The summed E-state index contributed by atoms with van der Waals surface area (Å²) in [6, 6.07) is 9.08. The van der Waals surface area contributed by atoms with E-state index in [0.717, 1.165) is 90.5 Å². The van der Waals surface area contributed by atoms with E-state index in [9.17, 15) is 40.2 Å². The van der Waals surface area contributed by atoms with E-state index in [-0.39, 0.29) is 42.3 Å². The third-order valence-corrected chi connectivity index (χ3v) is 17.4. The number of carboxylic acid groups (broad SMARTS) is 1. The molecule has 1 aromatic rings. The van der Waals surface area contributed by atoms with Crippen LogP contribution in [0.3, 0.4) is 0 Å². The number of ether oxygens (including phenoxy) is 5. The summed E-state index contributed by atoms with van der Waals surface area (Å²) >= 11 is 0. The molecule has 0 radical (unpaired) electrons. The number of carbonyl (C=O) groups is 2. The fourth-order valence-corrected chi connectivity index (χ4v) is 12.9. The highest BCUT2D eigenvalue weighted by molar-refractivity contribution is 5.81. The number of hydrogen-bond acceptors (Lipinski definition) is 15. The third-order valence-electron chi connectivity index (χ3n) is 17.4. The van der Waals surface area contributed by atoms with Gasteiger partial charge in [-0.2, -0.15) is 0 Å². The van der Waals surface area contributed by atoms with Crippen LogP contribution in [0.2, 0.25) is 0 Å². The molecule has 4 saturated heterocycles. The number of ketones is 1. The van der Waals surface area contributed by atoms with E-state index >= 15 is 0 Å². The molecule has 7 rings (SSSR count). The predicted molar refractivity (Wildman–Crippen MR) is 276 cm³/mol. The molecular weight excluding hydrogens is 935 g/mol. The molecule has 2 aliphatic carbocycles. The number of carbonyl (C=O) groups excluding carboxylic acids is 1. The van der Waals surface area contributed by atoms with Gasteiger partial charge in [0.2, 0.25) is 0 Å². The van der Waals surface area contributed by atoms with Crippen molar-refractivity contribution in [2.75, 3.05) is 45.9 Å². The van der Waals surface area contributed by atoms with Gasteiger partial charge in [0.1, 0.15) is 36.3 Å². The van der Waals surface area contributed by atoms with Gasteiger partial charge in [-0.15, -0.1) is 0 Å². The number of nitrogens with one attached hydrogen (secondary N) is 2. The lowest BCUT2D eigenvalue weighted by atomic mass is 9.76. The number of piperidine rings is 1. The Kier molecular flexibility index (Phi) is 24.1. The number of Topliss-reactive ketones (excluding diaryl/α,β-unsaturated/α-hetero) is 1. The fraction of sp³-hybridized carbons (Fsp3) is 0.860. The van der Waals surface area contributed by atoms with Crippen molar-refractivity contribution in [1.29, 1.82) is 0 Å². The molecule has 6 aliphatic rings. The Labute approximate surface area is 436 Å². The first kappa shape index (κ1) is 58.5. The summed E-state index contributed by atoms with van der Waals surface area (Å²) in [5.41, 5.74) is 2.61. The highest BCUT2D eigenvalue weighted by Crippen LogP contribution is 2.42. The van der Waals surface area contributed by atoms with Crippen molar-refractivity contribution in [2.24, 2.45) is 29.6 Å². The molecule has 73 heavy (non-hydrogen) atoms. The van der Waals surface area contributed by atoms with Crippen molar-refractivity contribution >= 4 is 11.8 Å². The Morgan fingerprint density at radius 3 is 2.08 bits per heavy atom. The standard InChI is InChI=1S/C57H95N3O13/c1-37-31-42(18-14-17-39-19-21-41(22-20-39)35-60-29-13-8-6-4-3-5-7-12-25-58-28-30-60)33-46(53(37)73-57-52(66)51(65)49(63)38(2)69-57)71-56-44(34-45(62)43-23-26-59-27-24-43)54(50(64)48(36-61)72-56)70-47(55(67)68)32-40-15-10-9-11-16-40/h19-22,37-38,40,42-44,46-54,56-59,61,63-66H,3-18,23-36H2,1-2H3,(H,67,68). The topological polar surface area (TPSA) is 229 Å². The van der Waals surface area contributed by atoms with E-state index in [0.29, 0.717) is 32.4 Å². The Balaban J connectivity index is 1.07. The Bertz CT molecular complexity index is 1740. The maximum atomic E-state index is 14.3. The molecule has 15 unspecified atom stereocenters. The quantitative estimate of drug-likeness (QED) is 0.0839. The normalized spacial score (nSPS) is 36.0. The molecule has 16 nitrogen and oxygen atoms in total. The lowest BCUT2D eigenvalue weighted by Gasteiger charge is -2.49. The average molecular weight is 1030 g/mol. The molecule has 16 heteroatoms. The molecule has 6 fully saturated rings. The Morgan fingerprint density at radius 2 is 1.37 bits per heavy atom. The van der Waals surface area contributed by atoms with Crippen LogP contribution in [0.15, 0.2) is 24.3 Å². The molecular formula is C57H95N3O13. The molecule has 0 amide bonds. The van der Waals surface area contributed by atoms with E-state index in [1.54, 1.807) is 6.92 Å². The fourth-order valence-electron chi connectivity index (χ4n) is 12.9. The highest BCUT2D eigenvalue weighted by Gasteiger charge is 2.52. The van der Waals surface area contributed by atoms with Gasteiger partial charge in [0.05, 0.1) is 31.0 Å². The summed E-state index contributed by atoms with van der Waals surface area (Å²) in [6.07, 6.45) is 6.67. The summed E-state index contributed by atoms with van der Waals surface area (Å²) in [5.74, 6) is -2.19. The number of nitrogens with zero attached hydrogens (tertiary/aromatic N) is 1. The first-order valence-corrected chi connectivity index (χ1v) is 29.0. The van der Waals surface area contributed by atoms with Gasteiger partial charge in [-0.05, 0) is 120 Å². The van der Waals surface area contributed by atoms with E-state index in [4.69, 9.17) is 23.7 Å². The van der Waals surface area contributed by atoms with E-state index < -0.39 is 92.1 Å².